The number of carbonyl (C=O) groups excluding carboxylic acids is 1. The predicted octanol–water partition coefficient (Wildman–Crippen LogP) is 5.94. The maximum atomic E-state index is 13.0. The van der Waals surface area contributed by atoms with Gasteiger partial charge >= 0.3 is 6.03 Å². The molecule has 3 rings (SSSR count). The Kier molecular flexibility index (Phi) is 7.89. The summed E-state index contributed by atoms with van der Waals surface area (Å²) in [5, 5.41) is 11.9. The van der Waals surface area contributed by atoms with Crippen molar-refractivity contribution in [2.75, 3.05) is 11.9 Å². The summed E-state index contributed by atoms with van der Waals surface area (Å²) in [6.07, 6.45) is 5.23. The van der Waals surface area contributed by atoms with Crippen LogP contribution in [-0.4, -0.2) is 22.0 Å². The Morgan fingerprint density at radius 2 is 1.90 bits per heavy atom. The molecule has 0 saturated heterocycles. The minimum absolute atomic E-state index is 0.121. The molecule has 2 aromatic carbocycles. The Morgan fingerprint density at radius 3 is 2.61 bits per heavy atom. The van der Waals surface area contributed by atoms with Gasteiger partial charge in [-0.05, 0) is 55.3 Å². The first kappa shape index (κ1) is 22.2. The second kappa shape index (κ2) is 11.0. The molecule has 5 heteroatoms. The number of rotatable bonds is 9. The number of aromatic nitrogens is 1. The summed E-state index contributed by atoms with van der Waals surface area (Å²) in [7, 11) is 0. The number of anilines is 1. The average molecular weight is 415 g/mol. The average Bonchev–Trinajstić information content (AvgIpc) is 3.20. The fourth-order valence-electron chi connectivity index (χ4n) is 3.59. The van der Waals surface area contributed by atoms with E-state index < -0.39 is 0 Å². The number of urea groups is 1. The van der Waals surface area contributed by atoms with Crippen LogP contribution < -0.4 is 5.32 Å². The molecule has 0 unspecified atom stereocenters. The number of hydrogen-bond donors (Lipinski definition) is 1. The van der Waals surface area contributed by atoms with Gasteiger partial charge in [0.15, 0.2) is 0 Å². The van der Waals surface area contributed by atoms with Gasteiger partial charge in [-0.2, -0.15) is 5.26 Å². The van der Waals surface area contributed by atoms with Gasteiger partial charge in [0.05, 0.1) is 18.2 Å². The summed E-state index contributed by atoms with van der Waals surface area (Å²) in [6, 6.07) is 21.6. The molecule has 1 aromatic heterocycles. The molecule has 0 radical (unpaired) electrons. The van der Waals surface area contributed by atoms with Crippen molar-refractivity contribution >= 4 is 11.7 Å². The van der Waals surface area contributed by atoms with Gasteiger partial charge in [-0.15, -0.1) is 0 Å². The van der Waals surface area contributed by atoms with Crippen LogP contribution >= 0.6 is 0 Å². The van der Waals surface area contributed by atoms with Crippen LogP contribution in [0.3, 0.4) is 0 Å². The number of nitrogens with one attached hydrogen (secondary N) is 1. The first-order valence-corrected chi connectivity index (χ1v) is 10.8. The Bertz CT molecular complexity index is 1030. The number of nitriles is 1. The number of unbranched alkanes of at least 4 members (excludes halogenated alkanes) is 2. The second-order valence-electron chi connectivity index (χ2n) is 7.86. The van der Waals surface area contributed by atoms with Gasteiger partial charge < -0.3 is 14.8 Å². The second-order valence-corrected chi connectivity index (χ2v) is 7.86. The van der Waals surface area contributed by atoms with Crippen molar-refractivity contribution in [3.8, 4) is 6.07 Å². The highest BCUT2D eigenvalue weighted by Gasteiger charge is 2.16. The summed E-state index contributed by atoms with van der Waals surface area (Å²) >= 11 is 0. The van der Waals surface area contributed by atoms with Crippen LogP contribution in [0.4, 0.5) is 10.5 Å². The largest absolute Gasteiger partial charge is 0.345 e. The molecule has 5 nitrogen and oxygen atoms in total. The summed E-state index contributed by atoms with van der Waals surface area (Å²) in [4.78, 5) is 14.9. The molecule has 0 atom stereocenters. The zero-order chi connectivity index (χ0) is 22.1. The van der Waals surface area contributed by atoms with Crippen molar-refractivity contribution < 1.29 is 4.79 Å². The number of aryl methyl sites for hydroxylation is 1. The van der Waals surface area contributed by atoms with Gasteiger partial charge in [0.25, 0.3) is 0 Å². The zero-order valence-corrected chi connectivity index (χ0v) is 18.3. The normalized spacial score (nSPS) is 10.5. The van der Waals surface area contributed by atoms with Gasteiger partial charge in [-0.25, -0.2) is 4.79 Å². The molecule has 0 saturated carbocycles. The lowest BCUT2D eigenvalue weighted by molar-refractivity contribution is 0.206. The molecule has 0 aliphatic heterocycles. The molecule has 0 aliphatic carbocycles. The summed E-state index contributed by atoms with van der Waals surface area (Å²) < 4.78 is 2.20. The highest BCUT2D eigenvalue weighted by molar-refractivity contribution is 5.89. The zero-order valence-electron chi connectivity index (χ0n) is 18.3. The van der Waals surface area contributed by atoms with Crippen molar-refractivity contribution in [3.05, 3.63) is 89.2 Å². The molecule has 1 N–H and O–H groups in total. The lowest BCUT2D eigenvalue weighted by Crippen LogP contribution is -2.36. The third-order valence-electron chi connectivity index (χ3n) is 5.30. The highest BCUT2D eigenvalue weighted by Crippen LogP contribution is 2.15. The number of hydrogen-bond acceptors (Lipinski definition) is 2. The maximum Gasteiger partial charge on any atom is 0.322 e. The molecule has 0 bridgehead atoms. The third-order valence-corrected chi connectivity index (χ3v) is 5.30. The monoisotopic (exact) mass is 414 g/mol. The smallest absolute Gasteiger partial charge is 0.322 e. The van der Waals surface area contributed by atoms with Crippen LogP contribution in [0.25, 0.3) is 0 Å². The number of carbonyl (C=O) groups is 1. The van der Waals surface area contributed by atoms with Gasteiger partial charge in [-0.1, -0.05) is 49.6 Å². The number of nitrogens with zero attached hydrogens (tertiary/aromatic N) is 3. The molecule has 2 amide bonds. The van der Waals surface area contributed by atoms with Crippen LogP contribution in [0.2, 0.25) is 0 Å². The van der Waals surface area contributed by atoms with Gasteiger partial charge in [-0.3, -0.25) is 0 Å². The molecule has 0 aliphatic rings. The molecular weight excluding hydrogens is 384 g/mol. The molecule has 31 heavy (non-hydrogen) atoms. The minimum Gasteiger partial charge on any atom is -0.345 e. The number of benzene rings is 2. The van der Waals surface area contributed by atoms with Crippen molar-refractivity contribution in [1.82, 2.24) is 9.47 Å². The van der Waals surface area contributed by atoms with E-state index in [0.29, 0.717) is 24.3 Å². The van der Waals surface area contributed by atoms with E-state index in [1.807, 2.05) is 11.0 Å². The van der Waals surface area contributed by atoms with E-state index in [1.54, 1.807) is 24.3 Å². The van der Waals surface area contributed by atoms with Gasteiger partial charge in [0.2, 0.25) is 0 Å². The molecule has 1 heterocycles. The minimum atomic E-state index is -0.121. The van der Waals surface area contributed by atoms with Crippen molar-refractivity contribution in [1.29, 1.82) is 5.26 Å². The summed E-state index contributed by atoms with van der Waals surface area (Å²) in [5.74, 6) is 0. The molecule has 0 fully saturated rings. The first-order valence-electron chi connectivity index (χ1n) is 10.8. The molecule has 0 spiro atoms. The van der Waals surface area contributed by atoms with E-state index in [1.165, 1.54) is 11.1 Å². The maximum absolute atomic E-state index is 13.0. The van der Waals surface area contributed by atoms with E-state index in [4.69, 9.17) is 5.26 Å². The Hall–Kier alpha value is -3.52. The van der Waals surface area contributed by atoms with E-state index in [9.17, 15) is 4.79 Å². The van der Waals surface area contributed by atoms with Crippen LogP contribution in [0.5, 0.6) is 0 Å². The first-order chi connectivity index (χ1) is 15.1. The van der Waals surface area contributed by atoms with Crippen molar-refractivity contribution in [2.24, 2.45) is 0 Å². The lowest BCUT2D eigenvalue weighted by atomic mass is 10.1. The van der Waals surface area contributed by atoms with E-state index >= 15 is 0 Å². The third kappa shape index (κ3) is 6.48. The molecule has 3 aromatic rings. The fourth-order valence-corrected chi connectivity index (χ4v) is 3.59. The fraction of sp³-hybridized carbons (Fsp3) is 0.308. The molecular formula is C26H30N4O. The standard InChI is InChI=1S/C26H30N4O/c1-3-4-5-15-30(26(31)28-24-13-11-22(18-27)12-14-24)20-25-10-7-16-29(25)19-23-9-6-8-21(2)17-23/h6-14,16-17H,3-5,15,19-20H2,1-2H3,(H,28,31). The lowest BCUT2D eigenvalue weighted by Gasteiger charge is -2.24. The Morgan fingerprint density at radius 1 is 1.10 bits per heavy atom. The van der Waals surface area contributed by atoms with E-state index in [-0.39, 0.29) is 6.03 Å². The van der Waals surface area contributed by atoms with E-state index in [2.05, 4.69) is 66.3 Å². The van der Waals surface area contributed by atoms with Crippen LogP contribution in [0, 0.1) is 18.3 Å². The van der Waals surface area contributed by atoms with Crippen molar-refractivity contribution in [2.45, 2.75) is 46.2 Å². The predicted molar refractivity (Wildman–Crippen MR) is 125 cm³/mol. The SMILES string of the molecule is CCCCCN(Cc1cccn1Cc1cccc(C)c1)C(=O)Nc1ccc(C#N)cc1. The van der Waals surface area contributed by atoms with E-state index in [0.717, 1.165) is 31.5 Å². The van der Waals surface area contributed by atoms with Crippen LogP contribution in [0.1, 0.15) is 48.6 Å². The number of amides is 2. The van der Waals surface area contributed by atoms with Crippen LogP contribution in [-0.2, 0) is 13.1 Å². The van der Waals surface area contributed by atoms with Crippen molar-refractivity contribution in [3.63, 3.8) is 0 Å². The Labute approximate surface area is 184 Å². The summed E-state index contributed by atoms with van der Waals surface area (Å²) in [5.41, 5.74) is 4.87. The van der Waals surface area contributed by atoms with Crippen LogP contribution in [0.15, 0.2) is 66.9 Å². The molecule has 160 valence electrons. The quantitative estimate of drug-likeness (QED) is 0.440. The topological polar surface area (TPSA) is 61.1 Å². The Balaban J connectivity index is 1.72. The van der Waals surface area contributed by atoms with Gasteiger partial charge in [0.1, 0.15) is 0 Å². The highest BCUT2D eigenvalue weighted by atomic mass is 16.2. The van der Waals surface area contributed by atoms with Gasteiger partial charge in [0, 0.05) is 30.7 Å². The summed E-state index contributed by atoms with van der Waals surface area (Å²) in [6.45, 7) is 6.29.